The van der Waals surface area contributed by atoms with Crippen LogP contribution in [0, 0.1) is 5.92 Å². The lowest BCUT2D eigenvalue weighted by molar-refractivity contribution is -0.120. The molecule has 17 heavy (non-hydrogen) atoms. The van der Waals surface area contributed by atoms with Crippen LogP contribution in [-0.2, 0) is 11.8 Å². The van der Waals surface area contributed by atoms with Crippen molar-refractivity contribution in [2.24, 2.45) is 18.7 Å². The monoisotopic (exact) mass is 256 g/mol. The smallest absolute Gasteiger partial charge is 0.318 e. The van der Waals surface area contributed by atoms with E-state index in [1.807, 2.05) is 25.5 Å². The van der Waals surface area contributed by atoms with Gasteiger partial charge in [-0.3, -0.25) is 10.1 Å². The molecular weight excluding hydrogens is 240 g/mol. The van der Waals surface area contributed by atoms with Gasteiger partial charge in [-0.25, -0.2) is 9.78 Å². The second kappa shape index (κ2) is 5.72. The van der Waals surface area contributed by atoms with Gasteiger partial charge in [0.25, 0.3) is 0 Å². The molecule has 94 valence electrons. The van der Waals surface area contributed by atoms with Crippen LogP contribution >= 0.6 is 11.8 Å². The zero-order valence-electron chi connectivity index (χ0n) is 10.0. The first-order valence-electron chi connectivity index (χ1n) is 5.16. The molecule has 0 aliphatic rings. The lowest BCUT2D eigenvalue weighted by Crippen LogP contribution is -2.42. The third-order valence-electron chi connectivity index (χ3n) is 2.12. The molecule has 1 heterocycles. The van der Waals surface area contributed by atoms with E-state index in [1.54, 1.807) is 12.4 Å². The van der Waals surface area contributed by atoms with Gasteiger partial charge in [-0.15, -0.1) is 0 Å². The van der Waals surface area contributed by atoms with E-state index in [0.29, 0.717) is 0 Å². The first-order chi connectivity index (χ1) is 7.91. The number of nitrogens with zero attached hydrogens (tertiary/aromatic N) is 2. The van der Waals surface area contributed by atoms with Crippen LogP contribution < -0.4 is 11.1 Å². The van der Waals surface area contributed by atoms with Crippen molar-refractivity contribution in [3.63, 3.8) is 0 Å². The molecule has 1 atom stereocenters. The molecule has 0 radical (unpaired) electrons. The number of hydrogen-bond acceptors (Lipinski definition) is 4. The molecule has 0 fully saturated rings. The van der Waals surface area contributed by atoms with Crippen molar-refractivity contribution in [1.82, 2.24) is 14.9 Å². The minimum absolute atomic E-state index is 0.0658. The zero-order chi connectivity index (χ0) is 13.0. The SMILES string of the molecule is CC(C)C(Sc1nccn1C)C(=O)NC(N)=O. The standard InChI is InChI=1S/C10H16N4O2S/c1-6(2)7(8(15)13-9(11)16)17-10-12-4-5-14(10)3/h4-7H,1-3H3,(H3,11,13,15,16). The number of carbonyl (C=O) groups is 2. The summed E-state index contributed by atoms with van der Waals surface area (Å²) >= 11 is 1.31. The summed E-state index contributed by atoms with van der Waals surface area (Å²) in [4.78, 5) is 26.6. The Bertz CT molecular complexity index is 416. The number of nitrogens with one attached hydrogen (secondary N) is 1. The summed E-state index contributed by atoms with van der Waals surface area (Å²) in [6, 6.07) is -0.832. The van der Waals surface area contributed by atoms with E-state index in [9.17, 15) is 9.59 Å². The number of imidazole rings is 1. The molecule has 7 heteroatoms. The highest BCUT2D eigenvalue weighted by Gasteiger charge is 2.25. The molecule has 0 saturated carbocycles. The van der Waals surface area contributed by atoms with E-state index in [2.05, 4.69) is 10.3 Å². The molecule has 1 rings (SSSR count). The van der Waals surface area contributed by atoms with Gasteiger partial charge >= 0.3 is 6.03 Å². The highest BCUT2D eigenvalue weighted by atomic mass is 32.2. The summed E-state index contributed by atoms with van der Waals surface area (Å²) in [6.45, 7) is 3.81. The fourth-order valence-electron chi connectivity index (χ4n) is 1.26. The molecule has 6 nitrogen and oxygen atoms in total. The van der Waals surface area contributed by atoms with Crippen LogP contribution in [0.25, 0.3) is 0 Å². The van der Waals surface area contributed by atoms with Gasteiger partial charge in [0.2, 0.25) is 5.91 Å². The van der Waals surface area contributed by atoms with E-state index in [4.69, 9.17) is 5.73 Å². The Morgan fingerprint density at radius 1 is 1.53 bits per heavy atom. The van der Waals surface area contributed by atoms with E-state index in [1.165, 1.54) is 11.8 Å². The number of amides is 3. The van der Waals surface area contributed by atoms with Crippen molar-refractivity contribution < 1.29 is 9.59 Å². The molecule has 1 aromatic rings. The van der Waals surface area contributed by atoms with E-state index < -0.39 is 11.3 Å². The van der Waals surface area contributed by atoms with E-state index in [-0.39, 0.29) is 11.8 Å². The topological polar surface area (TPSA) is 90.0 Å². The van der Waals surface area contributed by atoms with Gasteiger partial charge in [-0.05, 0) is 5.92 Å². The van der Waals surface area contributed by atoms with Crippen LogP contribution in [0.5, 0.6) is 0 Å². The number of nitrogens with two attached hydrogens (primary N) is 1. The number of rotatable bonds is 4. The predicted molar refractivity (Wildman–Crippen MR) is 65.4 cm³/mol. The molecular formula is C10H16N4O2S. The average Bonchev–Trinajstić information content (AvgIpc) is 2.58. The lowest BCUT2D eigenvalue weighted by Gasteiger charge is -2.18. The van der Waals surface area contributed by atoms with Gasteiger partial charge in [-0.1, -0.05) is 25.6 Å². The van der Waals surface area contributed by atoms with E-state index >= 15 is 0 Å². The normalized spacial score (nSPS) is 12.5. The maximum atomic E-state index is 11.8. The van der Waals surface area contributed by atoms with Crippen molar-refractivity contribution in [2.75, 3.05) is 0 Å². The van der Waals surface area contributed by atoms with Crippen LogP contribution in [0.2, 0.25) is 0 Å². The van der Waals surface area contributed by atoms with Gasteiger partial charge in [0.15, 0.2) is 5.16 Å². The Kier molecular flexibility index (Phi) is 4.56. The van der Waals surface area contributed by atoms with Crippen molar-refractivity contribution in [3.8, 4) is 0 Å². The highest BCUT2D eigenvalue weighted by molar-refractivity contribution is 8.00. The Hall–Kier alpha value is -1.50. The fraction of sp³-hybridized carbons (Fsp3) is 0.500. The number of urea groups is 1. The average molecular weight is 256 g/mol. The number of aryl methyl sites for hydroxylation is 1. The van der Waals surface area contributed by atoms with Crippen LogP contribution in [0.4, 0.5) is 4.79 Å². The third-order valence-corrected chi connectivity index (χ3v) is 3.74. The number of thioether (sulfide) groups is 1. The summed E-state index contributed by atoms with van der Waals surface area (Å²) in [5.41, 5.74) is 4.93. The molecule has 0 spiro atoms. The van der Waals surface area contributed by atoms with E-state index in [0.717, 1.165) is 5.16 Å². The van der Waals surface area contributed by atoms with Crippen molar-refractivity contribution in [3.05, 3.63) is 12.4 Å². The summed E-state index contributed by atoms with van der Waals surface area (Å²) in [5, 5.41) is 2.42. The third kappa shape index (κ3) is 3.77. The Morgan fingerprint density at radius 2 is 2.18 bits per heavy atom. The van der Waals surface area contributed by atoms with Gasteiger partial charge in [0, 0.05) is 19.4 Å². The number of hydrogen-bond donors (Lipinski definition) is 2. The second-order valence-electron chi connectivity index (χ2n) is 3.96. The highest BCUT2D eigenvalue weighted by Crippen LogP contribution is 2.26. The first-order valence-corrected chi connectivity index (χ1v) is 6.04. The van der Waals surface area contributed by atoms with Crippen LogP contribution in [0.15, 0.2) is 17.6 Å². The lowest BCUT2D eigenvalue weighted by atomic mass is 10.1. The molecule has 0 aliphatic heterocycles. The van der Waals surface area contributed by atoms with Gasteiger partial charge < -0.3 is 10.3 Å². The molecule has 3 amide bonds. The van der Waals surface area contributed by atoms with Crippen molar-refractivity contribution in [1.29, 1.82) is 0 Å². The van der Waals surface area contributed by atoms with Crippen LogP contribution in [0.3, 0.4) is 0 Å². The Balaban J connectivity index is 2.77. The van der Waals surface area contributed by atoms with Gasteiger partial charge in [0.05, 0.1) is 5.25 Å². The second-order valence-corrected chi connectivity index (χ2v) is 5.07. The number of imide groups is 1. The van der Waals surface area contributed by atoms with Gasteiger partial charge in [-0.2, -0.15) is 0 Å². The molecule has 0 bridgehead atoms. The van der Waals surface area contributed by atoms with Crippen LogP contribution in [-0.4, -0.2) is 26.7 Å². The van der Waals surface area contributed by atoms with Crippen molar-refractivity contribution in [2.45, 2.75) is 24.3 Å². The maximum Gasteiger partial charge on any atom is 0.318 e. The summed E-state index contributed by atoms with van der Waals surface area (Å²) in [7, 11) is 1.85. The molecule has 0 aromatic carbocycles. The number of aromatic nitrogens is 2. The minimum atomic E-state index is -0.832. The Morgan fingerprint density at radius 3 is 2.59 bits per heavy atom. The number of carbonyl (C=O) groups excluding carboxylic acids is 2. The quantitative estimate of drug-likeness (QED) is 0.777. The molecule has 1 aromatic heterocycles. The molecule has 0 aliphatic carbocycles. The molecule has 3 N–H and O–H groups in total. The molecule has 1 unspecified atom stereocenters. The first kappa shape index (κ1) is 13.6. The van der Waals surface area contributed by atoms with Crippen LogP contribution in [0.1, 0.15) is 13.8 Å². The maximum absolute atomic E-state index is 11.8. The van der Waals surface area contributed by atoms with Crippen molar-refractivity contribution >= 4 is 23.7 Å². The minimum Gasteiger partial charge on any atom is -0.351 e. The fourth-order valence-corrected chi connectivity index (χ4v) is 2.28. The zero-order valence-corrected chi connectivity index (χ0v) is 10.8. The Labute approximate surface area is 104 Å². The summed E-state index contributed by atoms with van der Waals surface area (Å²) < 4.78 is 1.82. The number of primary amides is 1. The largest absolute Gasteiger partial charge is 0.351 e. The summed E-state index contributed by atoms with van der Waals surface area (Å²) in [5.74, 6) is -0.323. The van der Waals surface area contributed by atoms with Gasteiger partial charge in [0.1, 0.15) is 0 Å². The molecule has 0 saturated heterocycles. The predicted octanol–water partition coefficient (Wildman–Crippen LogP) is 0.732. The summed E-state index contributed by atoms with van der Waals surface area (Å²) in [6.07, 6.45) is 3.46.